The molecule has 208 valence electrons. The number of fused-ring (bicyclic) bond motifs is 6. The Hall–Kier alpha value is -2.81. The fourth-order valence-corrected chi connectivity index (χ4v) is 6.38. The van der Waals surface area contributed by atoms with Gasteiger partial charge in [-0.2, -0.15) is 4.98 Å². The van der Waals surface area contributed by atoms with Crippen LogP contribution in [0.25, 0.3) is 0 Å². The van der Waals surface area contributed by atoms with Gasteiger partial charge in [-0.05, 0) is 85.4 Å². The Balaban J connectivity index is 1.55. The molecule has 3 aliphatic rings. The van der Waals surface area contributed by atoms with Gasteiger partial charge in [0, 0.05) is 49.4 Å². The zero-order valence-corrected chi connectivity index (χ0v) is 25.4. The number of nitrogens with one attached hydrogen (secondary N) is 2. The molecule has 2 aromatic carbocycles. The number of halogens is 1. The smallest absolute Gasteiger partial charge is 0.229 e. The number of hydrogen-bond acceptors (Lipinski definition) is 9. The third kappa shape index (κ3) is 6.51. The molecule has 6 bridgehead atoms. The molecule has 0 spiro atoms. The minimum atomic E-state index is -2.61. The normalized spacial score (nSPS) is 16.6. The van der Waals surface area contributed by atoms with Gasteiger partial charge in [0.15, 0.2) is 0 Å². The van der Waals surface area contributed by atoms with Crippen molar-refractivity contribution in [2.75, 3.05) is 75.8 Å². The number of aromatic nitrogens is 2. The van der Waals surface area contributed by atoms with Gasteiger partial charge in [-0.3, -0.25) is 0 Å². The van der Waals surface area contributed by atoms with E-state index in [0.29, 0.717) is 22.8 Å². The molecule has 2 N–H and O–H groups in total. The lowest BCUT2D eigenvalue weighted by Gasteiger charge is -2.35. The van der Waals surface area contributed by atoms with Crippen molar-refractivity contribution in [2.45, 2.75) is 19.3 Å². The van der Waals surface area contributed by atoms with Crippen LogP contribution in [0.4, 0.5) is 28.8 Å². The molecule has 0 atom stereocenters. The first-order valence-electron chi connectivity index (χ1n) is 13.2. The highest BCUT2D eigenvalue weighted by molar-refractivity contribution is 9.10. The summed E-state index contributed by atoms with van der Waals surface area (Å²) in [6.45, 7) is 8.13. The standard InChI is InChI=1S/C28H36BrN6O3P/c1-34-10-12-35(13-11-34)24-17-25(37-2)23-15-19(24)7-5-6-14-38-20-8-9-22(26(16-20)39(3,4)36)31-27-21(29)18-30-28(32-23)33-27/h8-9,15-18H,5-7,10-14H2,1-4H3,(H2,30,31,32,33). The van der Waals surface area contributed by atoms with Crippen LogP contribution in [0.3, 0.4) is 0 Å². The summed E-state index contributed by atoms with van der Waals surface area (Å²) in [6, 6.07) is 10.0. The maximum Gasteiger partial charge on any atom is 0.229 e. The van der Waals surface area contributed by atoms with E-state index in [-0.39, 0.29) is 0 Å². The van der Waals surface area contributed by atoms with Gasteiger partial charge >= 0.3 is 0 Å². The van der Waals surface area contributed by atoms with Gasteiger partial charge in [-0.25, -0.2) is 4.98 Å². The zero-order chi connectivity index (χ0) is 27.6. The van der Waals surface area contributed by atoms with Crippen molar-refractivity contribution in [3.63, 3.8) is 0 Å². The Labute approximate surface area is 238 Å². The van der Waals surface area contributed by atoms with E-state index < -0.39 is 7.14 Å². The summed E-state index contributed by atoms with van der Waals surface area (Å²) in [4.78, 5) is 14.1. The third-order valence-electron chi connectivity index (χ3n) is 7.15. The zero-order valence-electron chi connectivity index (χ0n) is 23.0. The van der Waals surface area contributed by atoms with E-state index in [1.165, 1.54) is 11.3 Å². The van der Waals surface area contributed by atoms with Crippen molar-refractivity contribution in [3.8, 4) is 11.5 Å². The number of benzene rings is 2. The summed E-state index contributed by atoms with van der Waals surface area (Å²) >= 11 is 3.56. The van der Waals surface area contributed by atoms with Gasteiger partial charge in [-0.1, -0.05) is 0 Å². The van der Waals surface area contributed by atoms with Gasteiger partial charge in [-0.15, -0.1) is 0 Å². The molecule has 0 saturated carbocycles. The summed E-state index contributed by atoms with van der Waals surface area (Å²) in [5.74, 6) is 2.45. The first-order chi connectivity index (χ1) is 18.7. The van der Waals surface area contributed by atoms with Crippen molar-refractivity contribution in [2.24, 2.45) is 0 Å². The van der Waals surface area contributed by atoms with E-state index in [0.717, 1.165) is 73.6 Å². The average molecular weight is 616 g/mol. The lowest BCUT2D eigenvalue weighted by atomic mass is 10.0. The molecule has 1 aromatic heterocycles. The summed E-state index contributed by atoms with van der Waals surface area (Å²) in [6.07, 6.45) is 4.48. The molecule has 11 heteroatoms. The fourth-order valence-electron chi connectivity index (χ4n) is 4.95. The van der Waals surface area contributed by atoms with Crippen molar-refractivity contribution in [3.05, 3.63) is 46.6 Å². The van der Waals surface area contributed by atoms with E-state index in [1.54, 1.807) is 26.6 Å². The monoisotopic (exact) mass is 614 g/mol. The van der Waals surface area contributed by atoms with E-state index in [1.807, 2.05) is 18.2 Å². The predicted molar refractivity (Wildman–Crippen MR) is 163 cm³/mol. The van der Waals surface area contributed by atoms with Crippen molar-refractivity contribution >= 4 is 57.2 Å². The minimum Gasteiger partial charge on any atom is -0.494 e. The minimum absolute atomic E-state index is 0.430. The maximum atomic E-state index is 13.2. The van der Waals surface area contributed by atoms with E-state index in [4.69, 9.17) is 14.5 Å². The number of aryl methyl sites for hydroxylation is 1. The van der Waals surface area contributed by atoms with Gasteiger partial charge in [0.1, 0.15) is 24.5 Å². The highest BCUT2D eigenvalue weighted by Gasteiger charge is 2.22. The summed E-state index contributed by atoms with van der Waals surface area (Å²) < 4.78 is 25.8. The van der Waals surface area contributed by atoms with Crippen LogP contribution in [0.1, 0.15) is 18.4 Å². The molecular formula is C28H36BrN6O3P. The number of likely N-dealkylation sites (N-methyl/N-ethyl adjacent to an activating group) is 1. The third-order valence-corrected chi connectivity index (χ3v) is 9.26. The van der Waals surface area contributed by atoms with E-state index >= 15 is 0 Å². The van der Waals surface area contributed by atoms with E-state index in [2.05, 4.69) is 60.5 Å². The molecule has 0 radical (unpaired) electrons. The first kappa shape index (κ1) is 27.7. The Bertz CT molecular complexity index is 1390. The number of ether oxygens (including phenoxy) is 2. The molecule has 3 aliphatic heterocycles. The molecule has 39 heavy (non-hydrogen) atoms. The Kier molecular flexibility index (Phi) is 8.35. The van der Waals surface area contributed by atoms with Crippen LogP contribution in [0.2, 0.25) is 0 Å². The number of methoxy groups -OCH3 is 1. The van der Waals surface area contributed by atoms with Crippen LogP contribution < -0.4 is 30.3 Å². The molecule has 1 saturated heterocycles. The second-order valence-corrected chi connectivity index (χ2v) is 14.5. The molecule has 3 aromatic rings. The van der Waals surface area contributed by atoms with Gasteiger partial charge in [0.25, 0.3) is 0 Å². The number of rotatable bonds is 3. The number of hydrogen-bond donors (Lipinski definition) is 2. The highest BCUT2D eigenvalue weighted by Crippen LogP contribution is 2.41. The van der Waals surface area contributed by atoms with Gasteiger partial charge in [0.2, 0.25) is 5.95 Å². The highest BCUT2D eigenvalue weighted by atomic mass is 79.9. The maximum absolute atomic E-state index is 13.2. The van der Waals surface area contributed by atoms with Crippen molar-refractivity contribution < 1.29 is 14.0 Å². The number of anilines is 5. The fraction of sp³-hybridized carbons (Fsp3) is 0.429. The molecule has 0 unspecified atom stereocenters. The second kappa shape index (κ2) is 11.7. The molecule has 6 rings (SSSR count). The largest absolute Gasteiger partial charge is 0.494 e. The van der Waals surface area contributed by atoms with Crippen molar-refractivity contribution in [1.82, 2.24) is 14.9 Å². The predicted octanol–water partition coefficient (Wildman–Crippen LogP) is 5.45. The van der Waals surface area contributed by atoms with Crippen LogP contribution >= 0.6 is 23.1 Å². The Morgan fingerprint density at radius 3 is 2.59 bits per heavy atom. The van der Waals surface area contributed by atoms with Crippen LogP contribution in [0, 0.1) is 0 Å². The van der Waals surface area contributed by atoms with Gasteiger partial charge < -0.3 is 34.5 Å². The Morgan fingerprint density at radius 1 is 1.05 bits per heavy atom. The quantitative estimate of drug-likeness (QED) is 0.374. The molecule has 0 amide bonds. The SMILES string of the molecule is COc1cc(N2CCN(C)CC2)c2cc1Nc1ncc(Br)c(n1)Nc1ccc(cc1P(C)(C)=O)OCCCC2. The summed E-state index contributed by atoms with van der Waals surface area (Å²) in [5, 5.41) is 7.46. The first-order valence-corrected chi connectivity index (χ1v) is 16.6. The van der Waals surface area contributed by atoms with Gasteiger partial charge in [0.05, 0.1) is 29.6 Å². The molecule has 4 heterocycles. The summed E-state index contributed by atoms with van der Waals surface area (Å²) in [7, 11) is 1.25. The second-order valence-electron chi connectivity index (χ2n) is 10.4. The van der Waals surface area contributed by atoms with Crippen LogP contribution in [0.5, 0.6) is 11.5 Å². The summed E-state index contributed by atoms with van der Waals surface area (Å²) in [5.41, 5.74) is 4.01. The van der Waals surface area contributed by atoms with Crippen LogP contribution in [0.15, 0.2) is 41.0 Å². The lowest BCUT2D eigenvalue weighted by molar-refractivity contribution is 0.306. The van der Waals surface area contributed by atoms with E-state index in [9.17, 15) is 4.57 Å². The lowest BCUT2D eigenvalue weighted by Crippen LogP contribution is -2.44. The molecule has 1 fully saturated rings. The van der Waals surface area contributed by atoms with Crippen LogP contribution in [-0.2, 0) is 11.0 Å². The Morgan fingerprint density at radius 2 is 1.85 bits per heavy atom. The molecule has 0 aliphatic carbocycles. The molecule has 9 nitrogen and oxygen atoms in total. The topological polar surface area (TPSA) is 91.9 Å². The number of piperazine rings is 1. The van der Waals surface area contributed by atoms with Crippen molar-refractivity contribution in [1.29, 1.82) is 0 Å². The molecular weight excluding hydrogens is 579 g/mol. The van der Waals surface area contributed by atoms with Crippen LogP contribution in [-0.4, -0.2) is 75.1 Å². The number of nitrogens with zero attached hydrogens (tertiary/aromatic N) is 4. The average Bonchev–Trinajstić information content (AvgIpc) is 2.91.